The largest absolute Gasteiger partial charge is 0.393 e. The first-order valence-electron chi connectivity index (χ1n) is 9.98. The van der Waals surface area contributed by atoms with Crippen molar-refractivity contribution in [3.63, 3.8) is 0 Å². The predicted molar refractivity (Wildman–Crippen MR) is 104 cm³/mol. The van der Waals surface area contributed by atoms with Crippen LogP contribution in [0.15, 0.2) is 12.1 Å². The lowest BCUT2D eigenvalue weighted by molar-refractivity contribution is -0.384. The minimum absolute atomic E-state index is 0.0640. The molecule has 3 rings (SSSR count). The molecule has 0 atom stereocenters. The molecule has 0 radical (unpaired) electrons. The zero-order valence-corrected chi connectivity index (χ0v) is 15.9. The lowest BCUT2D eigenvalue weighted by Gasteiger charge is -2.29. The van der Waals surface area contributed by atoms with E-state index < -0.39 is 4.92 Å². The fourth-order valence-electron chi connectivity index (χ4n) is 4.18. The van der Waals surface area contributed by atoms with Crippen molar-refractivity contribution in [2.45, 2.75) is 82.9 Å². The molecule has 0 unspecified atom stereocenters. The number of aryl methyl sites for hydroxylation is 1. The highest BCUT2D eigenvalue weighted by Crippen LogP contribution is 2.31. The molecule has 2 aliphatic carbocycles. The van der Waals surface area contributed by atoms with Crippen LogP contribution in [-0.2, 0) is 0 Å². The fraction of sp³-hybridized carbons (Fsp3) is 0.650. The minimum atomic E-state index is -0.453. The molecule has 0 heterocycles. The van der Waals surface area contributed by atoms with Crippen molar-refractivity contribution in [2.24, 2.45) is 0 Å². The maximum absolute atomic E-state index is 12.9. The summed E-state index contributed by atoms with van der Waals surface area (Å²) in [6.07, 6.45) is 8.18. The van der Waals surface area contributed by atoms with Gasteiger partial charge in [0.05, 0.1) is 22.3 Å². The molecule has 1 aromatic rings. The molecule has 2 saturated carbocycles. The molecule has 2 fully saturated rings. The highest BCUT2D eigenvalue weighted by molar-refractivity contribution is 6.01. The number of carbonyl (C=O) groups is 1. The Bertz CT molecular complexity index is 693. The van der Waals surface area contributed by atoms with Crippen LogP contribution in [0.4, 0.5) is 11.4 Å². The monoisotopic (exact) mass is 375 g/mol. The van der Waals surface area contributed by atoms with Crippen molar-refractivity contribution in [1.82, 2.24) is 5.32 Å². The first-order chi connectivity index (χ1) is 12.9. The molecule has 0 spiro atoms. The smallest absolute Gasteiger partial charge is 0.270 e. The van der Waals surface area contributed by atoms with Gasteiger partial charge in [0.1, 0.15) is 0 Å². The van der Waals surface area contributed by atoms with Crippen molar-refractivity contribution >= 4 is 17.3 Å². The molecule has 1 aromatic carbocycles. The summed E-state index contributed by atoms with van der Waals surface area (Å²) >= 11 is 0. The van der Waals surface area contributed by atoms with E-state index in [1.54, 1.807) is 6.92 Å². The summed E-state index contributed by atoms with van der Waals surface area (Å²) in [5.41, 5.74) is 1.66. The second kappa shape index (κ2) is 8.69. The molecule has 2 aliphatic rings. The number of carbonyl (C=O) groups excluding carboxylic acids is 1. The predicted octanol–water partition coefficient (Wildman–Crippen LogP) is 3.68. The first-order valence-corrected chi connectivity index (χ1v) is 9.98. The fourth-order valence-corrected chi connectivity index (χ4v) is 4.18. The number of nitrogens with zero attached hydrogens (tertiary/aromatic N) is 1. The molecule has 0 saturated heterocycles. The van der Waals surface area contributed by atoms with Gasteiger partial charge in [0.25, 0.3) is 11.6 Å². The van der Waals surface area contributed by atoms with E-state index in [-0.39, 0.29) is 29.8 Å². The van der Waals surface area contributed by atoms with Gasteiger partial charge < -0.3 is 15.7 Å². The molecule has 27 heavy (non-hydrogen) atoms. The number of nitro benzene ring substituents is 1. The molecule has 3 N–H and O–H groups in total. The second-order valence-corrected chi connectivity index (χ2v) is 7.90. The number of aliphatic hydroxyl groups is 1. The van der Waals surface area contributed by atoms with E-state index in [1.165, 1.54) is 18.6 Å². The molecule has 1 amide bonds. The van der Waals surface area contributed by atoms with Crippen LogP contribution in [0.25, 0.3) is 0 Å². The number of hydrogen-bond acceptors (Lipinski definition) is 5. The zero-order chi connectivity index (χ0) is 19.4. The first kappa shape index (κ1) is 19.6. The summed E-state index contributed by atoms with van der Waals surface area (Å²) in [6, 6.07) is 3.20. The number of nitro groups is 1. The Kier molecular flexibility index (Phi) is 6.31. The van der Waals surface area contributed by atoms with Gasteiger partial charge in [-0.15, -0.1) is 0 Å². The summed E-state index contributed by atoms with van der Waals surface area (Å²) in [5.74, 6) is -0.243. The quantitative estimate of drug-likeness (QED) is 0.538. The van der Waals surface area contributed by atoms with E-state index in [0.29, 0.717) is 16.8 Å². The van der Waals surface area contributed by atoms with Gasteiger partial charge >= 0.3 is 0 Å². The van der Waals surface area contributed by atoms with Crippen LogP contribution in [0.2, 0.25) is 0 Å². The number of aliphatic hydroxyl groups excluding tert-OH is 1. The zero-order valence-electron chi connectivity index (χ0n) is 15.9. The van der Waals surface area contributed by atoms with Crippen LogP contribution < -0.4 is 10.6 Å². The molecular weight excluding hydrogens is 346 g/mol. The standard InChI is InChI=1S/C20H29N3O4/c1-13-11-16(23(26)27)12-18(20(25)22-14-5-3-2-4-6-14)19(13)21-15-7-9-17(24)10-8-15/h11-12,14-15,17,21,24H,2-10H2,1H3,(H,22,25)/t15-,17+. The van der Waals surface area contributed by atoms with Gasteiger partial charge in [0, 0.05) is 24.2 Å². The highest BCUT2D eigenvalue weighted by Gasteiger charge is 2.25. The molecule has 7 heteroatoms. The molecular formula is C20H29N3O4. The Hall–Kier alpha value is -2.15. The summed E-state index contributed by atoms with van der Waals surface area (Å²) in [7, 11) is 0. The van der Waals surface area contributed by atoms with E-state index >= 15 is 0 Å². The average Bonchev–Trinajstić information content (AvgIpc) is 2.65. The number of benzene rings is 1. The molecule has 7 nitrogen and oxygen atoms in total. The number of amides is 1. The van der Waals surface area contributed by atoms with Crippen LogP contribution in [0.1, 0.15) is 73.7 Å². The van der Waals surface area contributed by atoms with Gasteiger partial charge in [-0.25, -0.2) is 0 Å². The molecule has 148 valence electrons. The molecule has 0 aliphatic heterocycles. The lowest BCUT2D eigenvalue weighted by atomic mass is 9.92. The van der Waals surface area contributed by atoms with E-state index in [1.807, 2.05) is 0 Å². The Morgan fingerprint density at radius 3 is 2.37 bits per heavy atom. The van der Waals surface area contributed by atoms with Gasteiger partial charge in [-0.3, -0.25) is 14.9 Å². The van der Waals surface area contributed by atoms with Crippen LogP contribution >= 0.6 is 0 Å². The van der Waals surface area contributed by atoms with Crippen LogP contribution in [0.5, 0.6) is 0 Å². The minimum Gasteiger partial charge on any atom is -0.393 e. The third-order valence-corrected chi connectivity index (χ3v) is 5.76. The second-order valence-electron chi connectivity index (χ2n) is 7.90. The Morgan fingerprint density at radius 1 is 1.07 bits per heavy atom. The lowest BCUT2D eigenvalue weighted by Crippen LogP contribution is -2.37. The third-order valence-electron chi connectivity index (χ3n) is 5.76. The number of anilines is 1. The van der Waals surface area contributed by atoms with Gasteiger partial charge in [-0.1, -0.05) is 19.3 Å². The van der Waals surface area contributed by atoms with E-state index in [9.17, 15) is 20.0 Å². The van der Waals surface area contributed by atoms with Crippen molar-refractivity contribution in [2.75, 3.05) is 5.32 Å². The van der Waals surface area contributed by atoms with Crippen LogP contribution in [0, 0.1) is 17.0 Å². The molecule has 0 aromatic heterocycles. The summed E-state index contributed by atoms with van der Waals surface area (Å²) < 4.78 is 0. The summed E-state index contributed by atoms with van der Waals surface area (Å²) in [6.45, 7) is 1.80. The maximum Gasteiger partial charge on any atom is 0.270 e. The Morgan fingerprint density at radius 2 is 1.74 bits per heavy atom. The number of rotatable bonds is 5. The van der Waals surface area contributed by atoms with Crippen molar-refractivity contribution in [1.29, 1.82) is 0 Å². The van der Waals surface area contributed by atoms with Crippen molar-refractivity contribution < 1.29 is 14.8 Å². The van der Waals surface area contributed by atoms with Gasteiger partial charge in [0.15, 0.2) is 0 Å². The van der Waals surface area contributed by atoms with E-state index in [2.05, 4.69) is 10.6 Å². The van der Waals surface area contributed by atoms with Gasteiger partial charge in [-0.2, -0.15) is 0 Å². The SMILES string of the molecule is Cc1cc([N+](=O)[O-])cc(C(=O)NC2CCCCC2)c1N[C@H]1CC[C@@H](O)CC1. The third kappa shape index (κ3) is 4.97. The van der Waals surface area contributed by atoms with Gasteiger partial charge in [-0.05, 0) is 51.0 Å². The van der Waals surface area contributed by atoms with E-state index in [4.69, 9.17) is 0 Å². The van der Waals surface area contributed by atoms with Crippen LogP contribution in [-0.4, -0.2) is 34.1 Å². The molecule has 0 bridgehead atoms. The average molecular weight is 375 g/mol. The van der Waals surface area contributed by atoms with Gasteiger partial charge in [0.2, 0.25) is 0 Å². The summed E-state index contributed by atoms with van der Waals surface area (Å²) in [4.78, 5) is 23.8. The van der Waals surface area contributed by atoms with Crippen LogP contribution in [0.3, 0.4) is 0 Å². The van der Waals surface area contributed by atoms with Crippen molar-refractivity contribution in [3.8, 4) is 0 Å². The Labute approximate surface area is 159 Å². The maximum atomic E-state index is 12.9. The highest BCUT2D eigenvalue weighted by atomic mass is 16.6. The van der Waals surface area contributed by atoms with Crippen molar-refractivity contribution in [3.05, 3.63) is 33.4 Å². The van der Waals surface area contributed by atoms with E-state index in [0.717, 1.165) is 51.4 Å². The Balaban J connectivity index is 1.83. The topological polar surface area (TPSA) is 104 Å². The number of non-ortho nitro benzene ring substituents is 1. The summed E-state index contributed by atoms with van der Waals surface area (Å²) in [5, 5.41) is 27.5. The number of nitrogens with one attached hydrogen (secondary N) is 2. The normalized spacial score (nSPS) is 23.6. The number of hydrogen-bond donors (Lipinski definition) is 3.